The Bertz CT molecular complexity index is 511. The van der Waals surface area contributed by atoms with Gasteiger partial charge in [0.25, 0.3) is 0 Å². The number of nitrogens with one attached hydrogen (secondary N) is 1. The van der Waals surface area contributed by atoms with E-state index in [1.165, 1.54) is 19.4 Å². The maximum absolute atomic E-state index is 4.56. The Labute approximate surface area is 101 Å². The van der Waals surface area contributed by atoms with Gasteiger partial charge in [0.15, 0.2) is 5.65 Å². The molecule has 2 aromatic heterocycles. The fraction of sp³-hybridized carbons (Fsp3) is 0.538. The van der Waals surface area contributed by atoms with Gasteiger partial charge in [-0.1, -0.05) is 0 Å². The predicted molar refractivity (Wildman–Crippen MR) is 67.9 cm³/mol. The van der Waals surface area contributed by atoms with E-state index in [2.05, 4.69) is 26.8 Å². The second-order valence-electron chi connectivity index (χ2n) is 4.83. The zero-order valence-corrected chi connectivity index (χ0v) is 10.2. The van der Waals surface area contributed by atoms with Crippen molar-refractivity contribution < 1.29 is 0 Å². The Balaban J connectivity index is 1.90. The Morgan fingerprint density at radius 3 is 3.29 bits per heavy atom. The van der Waals surface area contributed by atoms with E-state index in [-0.39, 0.29) is 0 Å². The molecule has 17 heavy (non-hydrogen) atoms. The number of aryl methyl sites for hydroxylation is 1. The standard InChI is InChI=1S/C13H18N4/c1-10-16-12-5-3-7-15-13(12)17(10)9-11-4-2-6-14-8-11/h3,5,7,11,14H,2,4,6,8-9H2,1H3. The zero-order chi connectivity index (χ0) is 11.7. The van der Waals surface area contributed by atoms with E-state index in [0.717, 1.165) is 30.1 Å². The van der Waals surface area contributed by atoms with Gasteiger partial charge in [-0.05, 0) is 50.9 Å². The highest BCUT2D eigenvalue weighted by molar-refractivity contribution is 5.70. The largest absolute Gasteiger partial charge is 0.316 e. The van der Waals surface area contributed by atoms with E-state index in [1.54, 1.807) is 0 Å². The average molecular weight is 230 g/mol. The third kappa shape index (κ3) is 2.05. The average Bonchev–Trinajstić information content (AvgIpc) is 2.68. The molecule has 1 unspecified atom stereocenters. The fourth-order valence-electron chi connectivity index (χ4n) is 2.63. The first kappa shape index (κ1) is 10.7. The first-order valence-corrected chi connectivity index (χ1v) is 6.33. The quantitative estimate of drug-likeness (QED) is 0.854. The highest BCUT2D eigenvalue weighted by Gasteiger charge is 2.16. The van der Waals surface area contributed by atoms with Crippen molar-refractivity contribution in [1.82, 2.24) is 19.9 Å². The number of imidazole rings is 1. The number of nitrogens with zero attached hydrogens (tertiary/aromatic N) is 3. The predicted octanol–water partition coefficient (Wildman–Crippen LogP) is 1.74. The van der Waals surface area contributed by atoms with Crippen LogP contribution in [0.5, 0.6) is 0 Å². The molecule has 0 aromatic carbocycles. The summed E-state index contributed by atoms with van der Waals surface area (Å²) in [6.45, 7) is 5.38. The molecule has 1 aliphatic rings. The van der Waals surface area contributed by atoms with Crippen LogP contribution in [0.1, 0.15) is 18.7 Å². The van der Waals surface area contributed by atoms with Crippen LogP contribution in [-0.4, -0.2) is 27.6 Å². The Hall–Kier alpha value is -1.42. The normalized spacial score (nSPS) is 20.9. The lowest BCUT2D eigenvalue weighted by Gasteiger charge is -2.23. The van der Waals surface area contributed by atoms with E-state index in [1.807, 2.05) is 18.3 Å². The molecule has 0 aliphatic carbocycles. The van der Waals surface area contributed by atoms with Crippen LogP contribution in [-0.2, 0) is 6.54 Å². The first-order chi connectivity index (χ1) is 8.34. The molecule has 2 aromatic rings. The van der Waals surface area contributed by atoms with Crippen molar-refractivity contribution in [1.29, 1.82) is 0 Å². The van der Waals surface area contributed by atoms with Crippen molar-refractivity contribution in [2.75, 3.05) is 13.1 Å². The van der Waals surface area contributed by atoms with Gasteiger partial charge in [-0.15, -0.1) is 0 Å². The summed E-state index contributed by atoms with van der Waals surface area (Å²) in [6, 6.07) is 3.98. The van der Waals surface area contributed by atoms with Crippen LogP contribution in [0.25, 0.3) is 11.2 Å². The molecule has 3 rings (SSSR count). The molecule has 3 heterocycles. The molecule has 0 spiro atoms. The SMILES string of the molecule is Cc1nc2cccnc2n1CC1CCCNC1. The Morgan fingerprint density at radius 1 is 1.53 bits per heavy atom. The number of pyridine rings is 1. The topological polar surface area (TPSA) is 42.7 Å². The third-order valence-corrected chi connectivity index (χ3v) is 3.53. The van der Waals surface area contributed by atoms with E-state index in [0.29, 0.717) is 5.92 Å². The molecule has 1 atom stereocenters. The lowest BCUT2D eigenvalue weighted by molar-refractivity contribution is 0.337. The van der Waals surface area contributed by atoms with Crippen molar-refractivity contribution in [3.63, 3.8) is 0 Å². The molecule has 1 aliphatic heterocycles. The monoisotopic (exact) mass is 230 g/mol. The van der Waals surface area contributed by atoms with Gasteiger partial charge in [-0.3, -0.25) is 0 Å². The van der Waals surface area contributed by atoms with Crippen molar-refractivity contribution in [3.05, 3.63) is 24.2 Å². The summed E-state index contributed by atoms with van der Waals surface area (Å²) in [5.74, 6) is 1.78. The Morgan fingerprint density at radius 2 is 2.47 bits per heavy atom. The second-order valence-corrected chi connectivity index (χ2v) is 4.83. The van der Waals surface area contributed by atoms with Gasteiger partial charge in [0, 0.05) is 12.7 Å². The molecular formula is C13H18N4. The molecule has 0 saturated carbocycles. The number of hydrogen-bond donors (Lipinski definition) is 1. The highest BCUT2D eigenvalue weighted by atomic mass is 15.1. The van der Waals surface area contributed by atoms with Gasteiger partial charge in [-0.25, -0.2) is 9.97 Å². The molecule has 0 amide bonds. The van der Waals surface area contributed by atoms with Gasteiger partial charge in [0.2, 0.25) is 0 Å². The van der Waals surface area contributed by atoms with Crippen molar-refractivity contribution in [2.24, 2.45) is 5.92 Å². The summed E-state index contributed by atoms with van der Waals surface area (Å²) in [5.41, 5.74) is 2.03. The zero-order valence-electron chi connectivity index (χ0n) is 10.2. The molecule has 4 nitrogen and oxygen atoms in total. The van der Waals surface area contributed by atoms with Crippen molar-refractivity contribution >= 4 is 11.2 Å². The maximum Gasteiger partial charge on any atom is 0.159 e. The summed E-state index contributed by atoms with van der Waals surface area (Å²) in [5, 5.41) is 3.46. The molecule has 0 radical (unpaired) electrons. The summed E-state index contributed by atoms with van der Waals surface area (Å²) in [6.07, 6.45) is 4.43. The van der Waals surface area contributed by atoms with Crippen LogP contribution in [0.15, 0.2) is 18.3 Å². The van der Waals surface area contributed by atoms with Gasteiger partial charge in [-0.2, -0.15) is 0 Å². The molecule has 1 N–H and O–H groups in total. The third-order valence-electron chi connectivity index (χ3n) is 3.53. The lowest BCUT2D eigenvalue weighted by atomic mass is 10.00. The van der Waals surface area contributed by atoms with E-state index in [4.69, 9.17) is 0 Å². The second kappa shape index (κ2) is 4.45. The first-order valence-electron chi connectivity index (χ1n) is 6.33. The van der Waals surface area contributed by atoms with E-state index < -0.39 is 0 Å². The summed E-state index contributed by atoms with van der Waals surface area (Å²) in [4.78, 5) is 9.01. The van der Waals surface area contributed by atoms with Crippen LogP contribution in [0.2, 0.25) is 0 Å². The van der Waals surface area contributed by atoms with Crippen molar-refractivity contribution in [2.45, 2.75) is 26.3 Å². The van der Waals surface area contributed by atoms with Crippen LogP contribution < -0.4 is 5.32 Å². The number of piperidine rings is 1. The molecular weight excluding hydrogens is 212 g/mol. The van der Waals surface area contributed by atoms with Gasteiger partial charge in [0.1, 0.15) is 11.3 Å². The fourth-order valence-corrected chi connectivity index (χ4v) is 2.63. The smallest absolute Gasteiger partial charge is 0.159 e. The molecule has 1 fully saturated rings. The number of rotatable bonds is 2. The number of fused-ring (bicyclic) bond motifs is 1. The number of hydrogen-bond acceptors (Lipinski definition) is 3. The molecule has 1 saturated heterocycles. The van der Waals surface area contributed by atoms with Crippen LogP contribution in [0, 0.1) is 12.8 Å². The summed E-state index contributed by atoms with van der Waals surface area (Å²) < 4.78 is 2.26. The summed E-state index contributed by atoms with van der Waals surface area (Å²) in [7, 11) is 0. The van der Waals surface area contributed by atoms with Crippen LogP contribution in [0.3, 0.4) is 0 Å². The van der Waals surface area contributed by atoms with Crippen LogP contribution >= 0.6 is 0 Å². The Kier molecular flexibility index (Phi) is 2.81. The summed E-state index contributed by atoms with van der Waals surface area (Å²) >= 11 is 0. The molecule has 0 bridgehead atoms. The lowest BCUT2D eigenvalue weighted by Crippen LogP contribution is -2.32. The minimum atomic E-state index is 0.710. The van der Waals surface area contributed by atoms with Crippen molar-refractivity contribution in [3.8, 4) is 0 Å². The van der Waals surface area contributed by atoms with Gasteiger partial charge < -0.3 is 9.88 Å². The highest BCUT2D eigenvalue weighted by Crippen LogP contribution is 2.18. The minimum absolute atomic E-state index is 0.710. The van der Waals surface area contributed by atoms with Gasteiger partial charge >= 0.3 is 0 Å². The minimum Gasteiger partial charge on any atom is -0.316 e. The van der Waals surface area contributed by atoms with E-state index in [9.17, 15) is 0 Å². The van der Waals surface area contributed by atoms with E-state index >= 15 is 0 Å². The molecule has 4 heteroatoms. The maximum atomic E-state index is 4.56. The van der Waals surface area contributed by atoms with Crippen LogP contribution in [0.4, 0.5) is 0 Å². The number of aromatic nitrogens is 3. The molecule has 90 valence electrons. The van der Waals surface area contributed by atoms with Gasteiger partial charge in [0.05, 0.1) is 0 Å².